The van der Waals surface area contributed by atoms with Gasteiger partial charge in [-0.15, -0.1) is 0 Å². The van der Waals surface area contributed by atoms with Gasteiger partial charge in [0.15, 0.2) is 6.29 Å². The van der Waals surface area contributed by atoms with Crippen molar-refractivity contribution in [1.82, 2.24) is 0 Å². The molecule has 1 aromatic rings. The Morgan fingerprint density at radius 3 is 2.36 bits per heavy atom. The summed E-state index contributed by atoms with van der Waals surface area (Å²) in [6.07, 6.45) is 8.28. The SMILES string of the molecule is O=[C]CCCCCCc1ccccc1. The fourth-order valence-electron chi connectivity index (χ4n) is 1.52. The third kappa shape index (κ3) is 4.80. The van der Waals surface area contributed by atoms with E-state index < -0.39 is 0 Å². The Bertz CT molecular complexity index is 241. The van der Waals surface area contributed by atoms with Crippen molar-refractivity contribution in [1.29, 1.82) is 0 Å². The van der Waals surface area contributed by atoms with Crippen LogP contribution in [0.2, 0.25) is 0 Å². The van der Waals surface area contributed by atoms with Gasteiger partial charge in [0.05, 0.1) is 0 Å². The summed E-state index contributed by atoms with van der Waals surface area (Å²) in [4.78, 5) is 9.93. The number of carbonyl (C=O) groups excluding carboxylic acids is 1. The van der Waals surface area contributed by atoms with Crippen molar-refractivity contribution >= 4 is 6.29 Å². The number of unbranched alkanes of at least 4 members (excludes halogenated alkanes) is 4. The summed E-state index contributed by atoms with van der Waals surface area (Å²) >= 11 is 0. The lowest BCUT2D eigenvalue weighted by atomic mass is 10.1. The Morgan fingerprint density at radius 1 is 0.929 bits per heavy atom. The molecule has 0 spiro atoms. The van der Waals surface area contributed by atoms with Gasteiger partial charge in [-0.1, -0.05) is 43.2 Å². The fourth-order valence-corrected chi connectivity index (χ4v) is 1.52. The van der Waals surface area contributed by atoms with E-state index >= 15 is 0 Å². The molecule has 1 aromatic carbocycles. The molecule has 1 heteroatoms. The highest BCUT2D eigenvalue weighted by molar-refractivity contribution is 5.50. The molecule has 1 rings (SSSR count). The van der Waals surface area contributed by atoms with Crippen molar-refractivity contribution in [2.45, 2.75) is 38.5 Å². The molecule has 0 saturated carbocycles. The van der Waals surface area contributed by atoms with Crippen molar-refractivity contribution in [3.8, 4) is 0 Å². The lowest BCUT2D eigenvalue weighted by Gasteiger charge is -2.00. The van der Waals surface area contributed by atoms with Crippen LogP contribution in [0.3, 0.4) is 0 Å². The maximum atomic E-state index is 9.93. The van der Waals surface area contributed by atoms with Gasteiger partial charge in [-0.05, 0) is 24.8 Å². The first kappa shape index (κ1) is 11.0. The number of hydrogen-bond donors (Lipinski definition) is 0. The highest BCUT2D eigenvalue weighted by Gasteiger charge is 1.92. The van der Waals surface area contributed by atoms with E-state index in [0.717, 1.165) is 19.3 Å². The van der Waals surface area contributed by atoms with Crippen LogP contribution in [-0.2, 0) is 11.2 Å². The molecule has 75 valence electrons. The van der Waals surface area contributed by atoms with Gasteiger partial charge in [-0.3, -0.25) is 4.79 Å². The molecule has 1 nitrogen and oxygen atoms in total. The highest BCUT2D eigenvalue weighted by atomic mass is 16.1. The zero-order chi connectivity index (χ0) is 10.1. The average molecular weight is 189 g/mol. The zero-order valence-electron chi connectivity index (χ0n) is 8.54. The fraction of sp³-hybridized carbons (Fsp3) is 0.462. The molecule has 0 amide bonds. The minimum absolute atomic E-state index is 0.603. The van der Waals surface area contributed by atoms with Crippen LogP contribution in [0.25, 0.3) is 0 Å². The van der Waals surface area contributed by atoms with Gasteiger partial charge in [-0.2, -0.15) is 0 Å². The summed E-state index contributed by atoms with van der Waals surface area (Å²) in [7, 11) is 0. The smallest absolute Gasteiger partial charge is 0.198 e. The normalized spacial score (nSPS) is 10.0. The van der Waals surface area contributed by atoms with E-state index in [-0.39, 0.29) is 0 Å². The molecule has 0 unspecified atom stereocenters. The standard InChI is InChI=1S/C13H17O/c14-12-8-3-1-2-5-9-13-10-6-4-7-11-13/h4,6-7,10-11H,1-3,5,8-9H2. The Hall–Kier alpha value is -1.11. The number of rotatable bonds is 7. The second kappa shape index (κ2) is 7.31. The molecular weight excluding hydrogens is 172 g/mol. The van der Waals surface area contributed by atoms with Crippen LogP contribution in [-0.4, -0.2) is 6.29 Å². The maximum absolute atomic E-state index is 9.93. The molecule has 0 N–H and O–H groups in total. The van der Waals surface area contributed by atoms with E-state index in [4.69, 9.17) is 0 Å². The van der Waals surface area contributed by atoms with Gasteiger partial charge in [0, 0.05) is 6.42 Å². The van der Waals surface area contributed by atoms with Crippen molar-refractivity contribution in [2.75, 3.05) is 0 Å². The monoisotopic (exact) mass is 189 g/mol. The second-order valence-electron chi connectivity index (χ2n) is 3.54. The van der Waals surface area contributed by atoms with Crippen molar-refractivity contribution < 1.29 is 4.79 Å². The summed E-state index contributed by atoms with van der Waals surface area (Å²) in [5.74, 6) is 0. The molecule has 0 bridgehead atoms. The minimum atomic E-state index is 0.603. The molecule has 0 saturated heterocycles. The predicted molar refractivity (Wildman–Crippen MR) is 58.9 cm³/mol. The van der Waals surface area contributed by atoms with Gasteiger partial charge in [0.25, 0.3) is 0 Å². The zero-order valence-corrected chi connectivity index (χ0v) is 8.54. The van der Waals surface area contributed by atoms with Gasteiger partial charge in [0.2, 0.25) is 0 Å². The average Bonchev–Trinajstić information content (AvgIpc) is 2.25. The summed E-state index contributed by atoms with van der Waals surface area (Å²) in [6, 6.07) is 10.5. The first-order valence-corrected chi connectivity index (χ1v) is 5.32. The van der Waals surface area contributed by atoms with Crippen LogP contribution in [0.5, 0.6) is 0 Å². The summed E-state index contributed by atoms with van der Waals surface area (Å²) < 4.78 is 0. The van der Waals surface area contributed by atoms with Crippen LogP contribution in [0.4, 0.5) is 0 Å². The predicted octanol–water partition coefficient (Wildman–Crippen LogP) is 3.29. The van der Waals surface area contributed by atoms with E-state index in [1.165, 1.54) is 18.4 Å². The summed E-state index contributed by atoms with van der Waals surface area (Å²) in [6.45, 7) is 0. The third-order valence-electron chi connectivity index (χ3n) is 2.34. The molecule has 1 radical (unpaired) electrons. The number of aryl methyl sites for hydroxylation is 1. The van der Waals surface area contributed by atoms with E-state index in [9.17, 15) is 4.79 Å². The number of hydrogen-bond acceptors (Lipinski definition) is 1. The highest BCUT2D eigenvalue weighted by Crippen LogP contribution is 2.07. The van der Waals surface area contributed by atoms with E-state index in [2.05, 4.69) is 24.3 Å². The molecule has 0 aliphatic heterocycles. The molecule has 0 heterocycles. The molecule has 0 aromatic heterocycles. The third-order valence-corrected chi connectivity index (χ3v) is 2.34. The Morgan fingerprint density at radius 2 is 1.64 bits per heavy atom. The minimum Gasteiger partial charge on any atom is -0.291 e. The van der Waals surface area contributed by atoms with Crippen LogP contribution in [0.1, 0.15) is 37.7 Å². The largest absolute Gasteiger partial charge is 0.291 e. The lowest BCUT2D eigenvalue weighted by molar-refractivity contribution is 0.543. The quantitative estimate of drug-likeness (QED) is 0.601. The first-order valence-electron chi connectivity index (χ1n) is 5.32. The van der Waals surface area contributed by atoms with Gasteiger partial charge < -0.3 is 0 Å². The van der Waals surface area contributed by atoms with Crippen LogP contribution >= 0.6 is 0 Å². The lowest BCUT2D eigenvalue weighted by Crippen LogP contribution is -1.85. The van der Waals surface area contributed by atoms with E-state index in [0.29, 0.717) is 6.42 Å². The molecular formula is C13H17O. The Kier molecular flexibility index (Phi) is 5.73. The Balaban J connectivity index is 2.02. The summed E-state index contributed by atoms with van der Waals surface area (Å²) in [5, 5.41) is 0. The molecule has 0 aliphatic carbocycles. The van der Waals surface area contributed by atoms with Crippen LogP contribution < -0.4 is 0 Å². The Labute approximate surface area is 86.1 Å². The molecule has 14 heavy (non-hydrogen) atoms. The van der Waals surface area contributed by atoms with Crippen molar-refractivity contribution in [2.24, 2.45) is 0 Å². The van der Waals surface area contributed by atoms with E-state index in [1.54, 1.807) is 0 Å². The van der Waals surface area contributed by atoms with Gasteiger partial charge in [-0.25, -0.2) is 0 Å². The van der Waals surface area contributed by atoms with Gasteiger partial charge >= 0.3 is 0 Å². The van der Waals surface area contributed by atoms with Crippen LogP contribution in [0.15, 0.2) is 30.3 Å². The number of benzene rings is 1. The summed E-state index contributed by atoms with van der Waals surface area (Å²) in [5.41, 5.74) is 1.41. The molecule has 0 fully saturated rings. The first-order chi connectivity index (χ1) is 6.93. The topological polar surface area (TPSA) is 17.1 Å². The molecule has 0 aliphatic rings. The van der Waals surface area contributed by atoms with Crippen molar-refractivity contribution in [3.63, 3.8) is 0 Å². The van der Waals surface area contributed by atoms with E-state index in [1.807, 2.05) is 12.4 Å². The van der Waals surface area contributed by atoms with Gasteiger partial charge in [0.1, 0.15) is 0 Å². The maximum Gasteiger partial charge on any atom is 0.198 e. The van der Waals surface area contributed by atoms with Crippen molar-refractivity contribution in [3.05, 3.63) is 35.9 Å². The molecule has 0 atom stereocenters. The second-order valence-corrected chi connectivity index (χ2v) is 3.54. The van der Waals surface area contributed by atoms with Crippen LogP contribution in [0, 0.1) is 0 Å².